The molecule has 3 rings (SSSR count). The number of fused-ring (bicyclic) bond motifs is 1. The summed E-state index contributed by atoms with van der Waals surface area (Å²) >= 11 is 0. The number of hydrogen-bond acceptors (Lipinski definition) is 5. The second kappa shape index (κ2) is 5.00. The van der Waals surface area contributed by atoms with Crippen LogP contribution in [-0.4, -0.2) is 41.3 Å². The second-order valence-corrected chi connectivity index (χ2v) is 5.84. The summed E-state index contributed by atoms with van der Waals surface area (Å²) in [4.78, 5) is 11.3. The van der Waals surface area contributed by atoms with Crippen LogP contribution in [0.1, 0.15) is 13.8 Å². The lowest BCUT2D eigenvalue weighted by molar-refractivity contribution is -0.0792. The number of ether oxygens (including phenoxy) is 1. The molecule has 2 N–H and O–H groups in total. The van der Waals surface area contributed by atoms with Gasteiger partial charge >= 0.3 is 0 Å². The third-order valence-electron chi connectivity index (χ3n) is 3.50. The first-order valence-corrected chi connectivity index (χ1v) is 6.92. The minimum atomic E-state index is -0.239. The molecule has 0 bridgehead atoms. The fourth-order valence-corrected chi connectivity index (χ4v) is 2.69. The Morgan fingerprint density at radius 3 is 3.00 bits per heavy atom. The maximum Gasteiger partial charge on any atom is 0.226 e. The molecule has 0 spiro atoms. The largest absolute Gasteiger partial charge is 0.367 e. The van der Waals surface area contributed by atoms with Gasteiger partial charge in [-0.25, -0.2) is 9.97 Å². The smallest absolute Gasteiger partial charge is 0.226 e. The van der Waals surface area contributed by atoms with Crippen molar-refractivity contribution in [2.75, 3.05) is 24.5 Å². The molecule has 1 atom stereocenters. The van der Waals surface area contributed by atoms with Gasteiger partial charge in [-0.15, -0.1) is 0 Å². The molecule has 0 amide bonds. The summed E-state index contributed by atoms with van der Waals surface area (Å²) in [6.07, 6.45) is 1.89. The summed E-state index contributed by atoms with van der Waals surface area (Å²) in [6, 6.07) is 8.01. The van der Waals surface area contributed by atoms with Crippen LogP contribution in [0.4, 0.5) is 5.95 Å². The molecule has 5 nitrogen and oxygen atoms in total. The van der Waals surface area contributed by atoms with Gasteiger partial charge in [-0.1, -0.05) is 18.2 Å². The Balaban J connectivity index is 1.93. The van der Waals surface area contributed by atoms with Crippen molar-refractivity contribution in [1.29, 1.82) is 0 Å². The maximum atomic E-state index is 5.94. The number of rotatable bonds is 2. The van der Waals surface area contributed by atoms with E-state index in [0.29, 0.717) is 6.54 Å². The SMILES string of the molecule is CC1(C)CN(c2ncc3ccccc3n2)CC(CN)O1. The minimum absolute atomic E-state index is 0.0221. The molecule has 106 valence electrons. The number of hydrogen-bond donors (Lipinski definition) is 1. The van der Waals surface area contributed by atoms with Crippen LogP contribution in [-0.2, 0) is 4.74 Å². The molecule has 0 radical (unpaired) electrons. The monoisotopic (exact) mass is 272 g/mol. The van der Waals surface area contributed by atoms with Crippen molar-refractivity contribution in [3.05, 3.63) is 30.5 Å². The van der Waals surface area contributed by atoms with Crippen molar-refractivity contribution in [2.45, 2.75) is 25.6 Å². The number of anilines is 1. The van der Waals surface area contributed by atoms with Crippen molar-refractivity contribution in [3.8, 4) is 0 Å². The van der Waals surface area contributed by atoms with E-state index >= 15 is 0 Å². The topological polar surface area (TPSA) is 64.3 Å². The Morgan fingerprint density at radius 2 is 2.20 bits per heavy atom. The van der Waals surface area contributed by atoms with E-state index in [1.54, 1.807) is 0 Å². The fraction of sp³-hybridized carbons (Fsp3) is 0.467. The Morgan fingerprint density at radius 1 is 1.40 bits per heavy atom. The maximum absolute atomic E-state index is 5.94. The number of nitrogens with zero attached hydrogens (tertiary/aromatic N) is 3. The van der Waals surface area contributed by atoms with Gasteiger partial charge in [0.25, 0.3) is 0 Å². The molecule has 1 aromatic carbocycles. The highest BCUT2D eigenvalue weighted by molar-refractivity contribution is 5.78. The molecule has 1 aromatic heterocycles. The number of nitrogens with two attached hydrogens (primary N) is 1. The molecule has 1 aliphatic rings. The Kier molecular flexibility index (Phi) is 3.31. The Labute approximate surface area is 118 Å². The first kappa shape index (κ1) is 13.3. The molecule has 2 heterocycles. The molecule has 1 aliphatic heterocycles. The fourth-order valence-electron chi connectivity index (χ4n) is 2.69. The highest BCUT2D eigenvalue weighted by Gasteiger charge is 2.33. The van der Waals surface area contributed by atoms with Crippen LogP contribution >= 0.6 is 0 Å². The van der Waals surface area contributed by atoms with E-state index in [2.05, 4.69) is 28.7 Å². The van der Waals surface area contributed by atoms with Crippen molar-refractivity contribution < 1.29 is 4.74 Å². The van der Waals surface area contributed by atoms with Gasteiger partial charge in [0.1, 0.15) is 0 Å². The highest BCUT2D eigenvalue weighted by Crippen LogP contribution is 2.24. The molecule has 0 saturated carbocycles. The summed E-state index contributed by atoms with van der Waals surface area (Å²) in [6.45, 7) is 6.15. The quantitative estimate of drug-likeness (QED) is 0.899. The lowest BCUT2D eigenvalue weighted by atomic mass is 10.1. The van der Waals surface area contributed by atoms with Crippen molar-refractivity contribution in [1.82, 2.24) is 9.97 Å². The number of benzene rings is 1. The van der Waals surface area contributed by atoms with E-state index < -0.39 is 0 Å². The van der Waals surface area contributed by atoms with E-state index in [1.807, 2.05) is 30.5 Å². The average molecular weight is 272 g/mol. The van der Waals surface area contributed by atoms with E-state index in [1.165, 1.54) is 0 Å². The second-order valence-electron chi connectivity index (χ2n) is 5.84. The summed E-state index contributed by atoms with van der Waals surface area (Å²) in [5, 5.41) is 1.05. The molecule has 20 heavy (non-hydrogen) atoms. The van der Waals surface area contributed by atoms with Crippen molar-refractivity contribution in [2.24, 2.45) is 5.73 Å². The number of para-hydroxylation sites is 1. The first-order valence-electron chi connectivity index (χ1n) is 6.92. The predicted molar refractivity (Wildman–Crippen MR) is 79.8 cm³/mol. The van der Waals surface area contributed by atoms with Crippen LogP contribution in [0.15, 0.2) is 30.5 Å². The van der Waals surface area contributed by atoms with Crippen LogP contribution in [0.2, 0.25) is 0 Å². The van der Waals surface area contributed by atoms with Crippen molar-refractivity contribution in [3.63, 3.8) is 0 Å². The van der Waals surface area contributed by atoms with E-state index in [4.69, 9.17) is 10.5 Å². The molecular formula is C15H20N4O. The summed E-state index contributed by atoms with van der Waals surface area (Å²) in [5.74, 6) is 0.749. The summed E-state index contributed by atoms with van der Waals surface area (Å²) < 4.78 is 5.94. The molecule has 1 saturated heterocycles. The standard InChI is InChI=1S/C15H20N4O/c1-15(2)10-19(9-12(7-16)20-15)14-17-8-11-5-3-4-6-13(11)18-14/h3-6,8,12H,7,9-10,16H2,1-2H3. The highest BCUT2D eigenvalue weighted by atomic mass is 16.5. The summed E-state index contributed by atoms with van der Waals surface area (Å²) in [7, 11) is 0. The van der Waals surface area contributed by atoms with Gasteiger partial charge in [0, 0.05) is 31.2 Å². The van der Waals surface area contributed by atoms with E-state index in [0.717, 1.165) is 29.9 Å². The zero-order chi connectivity index (χ0) is 14.2. The van der Waals surface area contributed by atoms with E-state index in [9.17, 15) is 0 Å². The van der Waals surface area contributed by atoms with Gasteiger partial charge in [0.05, 0.1) is 17.2 Å². The lowest BCUT2D eigenvalue weighted by Crippen LogP contribution is -2.55. The summed E-state index contributed by atoms with van der Waals surface area (Å²) in [5.41, 5.74) is 6.49. The first-order chi connectivity index (χ1) is 9.57. The molecule has 5 heteroatoms. The van der Waals surface area contributed by atoms with Gasteiger partial charge in [-0.05, 0) is 19.9 Å². The number of morpholine rings is 1. The normalized spacial score (nSPS) is 22.1. The molecule has 1 fully saturated rings. The van der Waals surface area contributed by atoms with Crippen LogP contribution in [0.25, 0.3) is 10.9 Å². The average Bonchev–Trinajstić information content (AvgIpc) is 2.45. The van der Waals surface area contributed by atoms with Crippen LogP contribution in [0.3, 0.4) is 0 Å². The third-order valence-corrected chi connectivity index (χ3v) is 3.50. The zero-order valence-corrected chi connectivity index (χ0v) is 11.9. The Hall–Kier alpha value is -1.72. The number of aromatic nitrogens is 2. The molecule has 0 aliphatic carbocycles. The van der Waals surface area contributed by atoms with Crippen LogP contribution in [0, 0.1) is 0 Å². The van der Waals surface area contributed by atoms with Gasteiger partial charge in [0.15, 0.2) is 0 Å². The van der Waals surface area contributed by atoms with Crippen LogP contribution < -0.4 is 10.6 Å². The molecular weight excluding hydrogens is 252 g/mol. The van der Waals surface area contributed by atoms with Crippen molar-refractivity contribution >= 4 is 16.9 Å². The third kappa shape index (κ3) is 2.59. The Bertz CT molecular complexity index is 614. The zero-order valence-electron chi connectivity index (χ0n) is 11.9. The van der Waals surface area contributed by atoms with Crippen LogP contribution in [0.5, 0.6) is 0 Å². The predicted octanol–water partition coefficient (Wildman–Crippen LogP) is 1.57. The van der Waals surface area contributed by atoms with Gasteiger partial charge in [-0.2, -0.15) is 0 Å². The molecule has 2 aromatic rings. The van der Waals surface area contributed by atoms with E-state index in [-0.39, 0.29) is 11.7 Å². The van der Waals surface area contributed by atoms with Gasteiger partial charge in [-0.3, -0.25) is 0 Å². The molecule has 1 unspecified atom stereocenters. The minimum Gasteiger partial charge on any atom is -0.367 e. The van der Waals surface area contributed by atoms with Gasteiger partial charge in [0.2, 0.25) is 5.95 Å². The lowest BCUT2D eigenvalue weighted by Gasteiger charge is -2.42. The van der Waals surface area contributed by atoms with Gasteiger partial charge < -0.3 is 15.4 Å².